The Morgan fingerprint density at radius 2 is 1.95 bits per heavy atom. The Morgan fingerprint density at radius 1 is 1.25 bits per heavy atom. The van der Waals surface area contributed by atoms with Crippen molar-refractivity contribution in [2.45, 2.75) is 25.3 Å². The number of rotatable bonds is 6. The average Bonchev–Trinajstić information content (AvgIpc) is 2.83. The molecule has 0 aliphatic heterocycles. The van der Waals surface area contributed by atoms with Crippen LogP contribution in [0.4, 0.5) is 5.95 Å². The Labute approximate surface area is 117 Å². The Hall–Kier alpha value is -2.00. The molecule has 0 amide bonds. The van der Waals surface area contributed by atoms with E-state index in [9.17, 15) is 8.42 Å². The van der Waals surface area contributed by atoms with E-state index in [0.29, 0.717) is 12.5 Å². The van der Waals surface area contributed by atoms with E-state index in [1.54, 1.807) is 6.20 Å². The van der Waals surface area contributed by atoms with Gasteiger partial charge in [-0.05, 0) is 13.8 Å². The topological polar surface area (TPSA) is 113 Å². The molecule has 8 nitrogen and oxygen atoms in total. The molecule has 3 N–H and O–H groups in total. The zero-order valence-corrected chi connectivity index (χ0v) is 12.0. The van der Waals surface area contributed by atoms with Crippen LogP contribution in [0.15, 0.2) is 23.5 Å². The summed E-state index contributed by atoms with van der Waals surface area (Å²) in [7, 11) is -3.63. The van der Waals surface area contributed by atoms with Gasteiger partial charge in [-0.1, -0.05) is 0 Å². The highest BCUT2D eigenvalue weighted by molar-refractivity contribution is 7.89. The van der Waals surface area contributed by atoms with Gasteiger partial charge in [0.05, 0.1) is 18.6 Å². The highest BCUT2D eigenvalue weighted by atomic mass is 32.2. The first-order valence-electron chi connectivity index (χ1n) is 6.07. The minimum atomic E-state index is -3.63. The third-order valence-electron chi connectivity index (χ3n) is 2.66. The maximum atomic E-state index is 12.1. The number of anilines is 1. The minimum absolute atomic E-state index is 0.0281. The quantitative estimate of drug-likeness (QED) is 0.712. The molecular formula is C11H16N6O2S. The Kier molecular flexibility index (Phi) is 4.30. The van der Waals surface area contributed by atoms with Gasteiger partial charge in [-0.2, -0.15) is 5.10 Å². The third kappa shape index (κ3) is 3.31. The van der Waals surface area contributed by atoms with E-state index in [2.05, 4.69) is 30.2 Å². The van der Waals surface area contributed by atoms with E-state index in [1.807, 2.05) is 13.8 Å². The molecule has 0 aliphatic rings. The van der Waals surface area contributed by atoms with Gasteiger partial charge in [-0.25, -0.2) is 23.1 Å². The van der Waals surface area contributed by atoms with Crippen molar-refractivity contribution >= 4 is 16.0 Å². The molecule has 9 heteroatoms. The first kappa shape index (κ1) is 14.4. The first-order chi connectivity index (χ1) is 9.53. The summed E-state index contributed by atoms with van der Waals surface area (Å²) >= 11 is 0. The van der Waals surface area contributed by atoms with Gasteiger partial charge in [0.1, 0.15) is 4.90 Å². The maximum absolute atomic E-state index is 12.1. The lowest BCUT2D eigenvalue weighted by Gasteiger charge is -2.06. The Balaban J connectivity index is 2.08. The van der Waals surface area contributed by atoms with Gasteiger partial charge < -0.3 is 5.32 Å². The summed E-state index contributed by atoms with van der Waals surface area (Å²) in [5.41, 5.74) is 1.62. The summed E-state index contributed by atoms with van der Waals surface area (Å²) in [6.07, 6.45) is 4.13. The van der Waals surface area contributed by atoms with Crippen LogP contribution < -0.4 is 10.0 Å². The van der Waals surface area contributed by atoms with Crippen LogP contribution in [-0.2, 0) is 16.6 Å². The smallest absolute Gasteiger partial charge is 0.243 e. The Morgan fingerprint density at radius 3 is 2.50 bits per heavy atom. The normalized spacial score (nSPS) is 11.5. The lowest BCUT2D eigenvalue weighted by atomic mass is 10.3. The molecule has 0 radical (unpaired) electrons. The van der Waals surface area contributed by atoms with E-state index in [-0.39, 0.29) is 11.4 Å². The summed E-state index contributed by atoms with van der Waals surface area (Å²) in [5, 5.41) is 9.48. The fourth-order valence-corrected chi connectivity index (χ4v) is 2.41. The fraction of sp³-hybridized carbons (Fsp3) is 0.364. The summed E-state index contributed by atoms with van der Waals surface area (Å²) in [5.74, 6) is 0.400. The van der Waals surface area contributed by atoms with Gasteiger partial charge >= 0.3 is 0 Å². The standard InChI is InChI=1S/C11H16N6O2S/c1-3-12-11-13-6-10(7-14-11)20(18,19)16-5-9-4-15-17-8(9)2/h4,6-7,16H,3,5H2,1-2H3,(H,15,17)(H,12,13,14). The molecule has 0 bridgehead atoms. The lowest BCUT2D eigenvalue weighted by Crippen LogP contribution is -2.23. The zero-order valence-electron chi connectivity index (χ0n) is 11.2. The predicted molar refractivity (Wildman–Crippen MR) is 73.5 cm³/mol. The third-order valence-corrected chi connectivity index (χ3v) is 4.02. The first-order valence-corrected chi connectivity index (χ1v) is 7.55. The van der Waals surface area contributed by atoms with Crippen molar-refractivity contribution in [3.8, 4) is 0 Å². The molecule has 108 valence electrons. The van der Waals surface area contributed by atoms with Crippen molar-refractivity contribution < 1.29 is 8.42 Å². The van der Waals surface area contributed by atoms with Crippen LogP contribution in [0.1, 0.15) is 18.2 Å². The average molecular weight is 296 g/mol. The number of nitrogens with one attached hydrogen (secondary N) is 3. The van der Waals surface area contributed by atoms with Gasteiger partial charge in [0, 0.05) is 24.3 Å². The van der Waals surface area contributed by atoms with Crippen LogP contribution in [0.3, 0.4) is 0 Å². The summed E-state index contributed by atoms with van der Waals surface area (Å²) < 4.78 is 26.6. The molecule has 0 unspecified atom stereocenters. The molecule has 0 spiro atoms. The van der Waals surface area contributed by atoms with E-state index in [4.69, 9.17) is 0 Å². The van der Waals surface area contributed by atoms with Crippen LogP contribution in [0, 0.1) is 6.92 Å². The summed E-state index contributed by atoms with van der Waals surface area (Å²) in [6.45, 7) is 4.57. The van der Waals surface area contributed by atoms with Gasteiger partial charge in [0.15, 0.2) is 0 Å². The van der Waals surface area contributed by atoms with Crippen LogP contribution >= 0.6 is 0 Å². The molecule has 2 aromatic rings. The van der Waals surface area contributed by atoms with E-state index >= 15 is 0 Å². The number of aromatic nitrogens is 4. The number of nitrogens with zero attached hydrogens (tertiary/aromatic N) is 3. The molecule has 0 saturated carbocycles. The van der Waals surface area contributed by atoms with E-state index in [0.717, 1.165) is 11.3 Å². The van der Waals surface area contributed by atoms with Gasteiger partial charge in [0.25, 0.3) is 0 Å². The van der Waals surface area contributed by atoms with Gasteiger partial charge in [0.2, 0.25) is 16.0 Å². The highest BCUT2D eigenvalue weighted by Crippen LogP contribution is 2.09. The SMILES string of the molecule is CCNc1ncc(S(=O)(=O)NCc2cn[nH]c2C)cn1. The van der Waals surface area contributed by atoms with Crippen molar-refractivity contribution in [3.05, 3.63) is 29.8 Å². The zero-order chi connectivity index (χ0) is 14.6. The summed E-state index contributed by atoms with van der Waals surface area (Å²) in [4.78, 5) is 7.90. The number of aromatic amines is 1. The fourth-order valence-electron chi connectivity index (χ4n) is 1.51. The molecule has 2 rings (SSSR count). The second-order valence-corrected chi connectivity index (χ2v) is 5.88. The predicted octanol–water partition coefficient (Wildman–Crippen LogP) is 0.418. The second-order valence-electron chi connectivity index (χ2n) is 4.12. The molecule has 0 aliphatic carbocycles. The number of sulfonamides is 1. The number of hydrogen-bond acceptors (Lipinski definition) is 6. The van der Waals surface area contributed by atoms with Crippen LogP contribution in [-0.4, -0.2) is 35.1 Å². The lowest BCUT2D eigenvalue weighted by molar-refractivity contribution is 0.580. The van der Waals surface area contributed by atoms with Gasteiger partial charge in [-0.3, -0.25) is 5.10 Å². The molecule has 0 saturated heterocycles. The molecular weight excluding hydrogens is 280 g/mol. The molecule has 2 aromatic heterocycles. The maximum Gasteiger partial charge on any atom is 0.243 e. The molecule has 0 fully saturated rings. The molecule has 2 heterocycles. The van der Waals surface area contributed by atoms with Crippen LogP contribution in [0.5, 0.6) is 0 Å². The second kappa shape index (κ2) is 5.97. The number of hydrogen-bond donors (Lipinski definition) is 3. The number of aryl methyl sites for hydroxylation is 1. The van der Waals surface area contributed by atoms with Gasteiger partial charge in [-0.15, -0.1) is 0 Å². The molecule has 0 atom stereocenters. The van der Waals surface area contributed by atoms with Crippen molar-refractivity contribution in [1.82, 2.24) is 24.9 Å². The van der Waals surface area contributed by atoms with Crippen LogP contribution in [0.2, 0.25) is 0 Å². The molecule has 20 heavy (non-hydrogen) atoms. The Bertz CT molecular complexity index is 664. The summed E-state index contributed by atoms with van der Waals surface area (Å²) in [6, 6.07) is 0. The molecule has 0 aromatic carbocycles. The minimum Gasteiger partial charge on any atom is -0.355 e. The largest absolute Gasteiger partial charge is 0.355 e. The van der Waals surface area contributed by atoms with Crippen molar-refractivity contribution in [2.75, 3.05) is 11.9 Å². The van der Waals surface area contributed by atoms with Crippen LogP contribution in [0.25, 0.3) is 0 Å². The van der Waals surface area contributed by atoms with Crippen molar-refractivity contribution in [1.29, 1.82) is 0 Å². The monoisotopic (exact) mass is 296 g/mol. The van der Waals surface area contributed by atoms with Crippen molar-refractivity contribution in [3.63, 3.8) is 0 Å². The van der Waals surface area contributed by atoms with E-state index in [1.165, 1.54) is 12.4 Å². The number of H-pyrrole nitrogens is 1. The van der Waals surface area contributed by atoms with E-state index < -0.39 is 10.0 Å². The van der Waals surface area contributed by atoms with Crippen molar-refractivity contribution in [2.24, 2.45) is 0 Å². The highest BCUT2D eigenvalue weighted by Gasteiger charge is 2.15.